The van der Waals surface area contributed by atoms with E-state index in [-0.39, 0.29) is 29.5 Å². The molecule has 2 aliphatic heterocycles. The normalized spacial score (nSPS) is 23.7. The summed E-state index contributed by atoms with van der Waals surface area (Å²) in [4.78, 5) is 2.53. The average Bonchev–Trinajstić information content (AvgIpc) is 2.82. The maximum atomic E-state index is 13.5. The Bertz CT molecular complexity index is 1150. The molecule has 1 N–H and O–H groups in total. The van der Waals surface area contributed by atoms with Gasteiger partial charge >= 0.3 is 0 Å². The number of aliphatic hydroxyl groups is 1. The Morgan fingerprint density at radius 2 is 1.85 bits per heavy atom. The summed E-state index contributed by atoms with van der Waals surface area (Å²) in [6.45, 7) is 5.95. The molecule has 2 heterocycles. The van der Waals surface area contributed by atoms with Gasteiger partial charge in [0, 0.05) is 48.6 Å². The van der Waals surface area contributed by atoms with Crippen molar-refractivity contribution in [3.8, 4) is 17.6 Å². The number of aliphatic hydroxyl groups excluding tert-OH is 1. The van der Waals surface area contributed by atoms with Gasteiger partial charge in [0.05, 0.1) is 18.6 Å². The lowest BCUT2D eigenvalue weighted by molar-refractivity contribution is -0.0553. The van der Waals surface area contributed by atoms with E-state index in [4.69, 9.17) is 4.74 Å². The fourth-order valence-corrected chi connectivity index (χ4v) is 6.59. The molecule has 182 valence electrons. The summed E-state index contributed by atoms with van der Waals surface area (Å²) < 4.78 is 34.0. The molecular formula is C27H34N2O4S. The van der Waals surface area contributed by atoms with Gasteiger partial charge in [0.1, 0.15) is 5.75 Å². The summed E-state index contributed by atoms with van der Waals surface area (Å²) in [5, 5.41) is 10.2. The van der Waals surface area contributed by atoms with Gasteiger partial charge in [0.15, 0.2) is 0 Å². The number of benzene rings is 2. The monoisotopic (exact) mass is 482 g/mol. The lowest BCUT2D eigenvalue weighted by Crippen LogP contribution is -2.67. The number of ether oxygens (including phenoxy) is 1. The lowest BCUT2D eigenvalue weighted by Gasteiger charge is -2.57. The van der Waals surface area contributed by atoms with Gasteiger partial charge in [0.2, 0.25) is 10.0 Å². The van der Waals surface area contributed by atoms with Crippen LogP contribution in [0, 0.1) is 17.8 Å². The quantitative estimate of drug-likeness (QED) is 0.662. The van der Waals surface area contributed by atoms with Crippen LogP contribution in [0.25, 0.3) is 0 Å². The summed E-state index contributed by atoms with van der Waals surface area (Å²) in [6.07, 6.45) is 1.69. The number of methoxy groups -OCH3 is 1. The van der Waals surface area contributed by atoms with E-state index >= 15 is 0 Å². The number of sulfonamides is 1. The van der Waals surface area contributed by atoms with E-state index < -0.39 is 10.0 Å². The highest BCUT2D eigenvalue weighted by molar-refractivity contribution is 7.89. The molecule has 0 aromatic heterocycles. The van der Waals surface area contributed by atoms with Crippen molar-refractivity contribution in [1.29, 1.82) is 0 Å². The number of hydrogen-bond acceptors (Lipinski definition) is 5. The first-order valence-electron chi connectivity index (χ1n) is 12.0. The SMILES string of the molecule is COc1cccc(S(=O)(=O)N2CCCCN3[C@H](C2)[C@H](c2ccc(C#CC(C)C)cc2)[C@@H]3CO)c1. The largest absolute Gasteiger partial charge is 0.497 e. The molecule has 7 heteroatoms. The average molecular weight is 483 g/mol. The molecule has 0 radical (unpaired) electrons. The van der Waals surface area contributed by atoms with Crippen LogP contribution in [0.5, 0.6) is 5.75 Å². The minimum absolute atomic E-state index is 0.00271. The van der Waals surface area contributed by atoms with E-state index in [1.807, 2.05) is 12.1 Å². The fraction of sp³-hybridized carbons (Fsp3) is 0.481. The van der Waals surface area contributed by atoms with Gasteiger partial charge < -0.3 is 9.84 Å². The molecule has 6 nitrogen and oxygen atoms in total. The maximum absolute atomic E-state index is 13.5. The molecule has 2 aromatic carbocycles. The van der Waals surface area contributed by atoms with Gasteiger partial charge in [-0.3, -0.25) is 4.90 Å². The fourth-order valence-electron chi connectivity index (χ4n) is 5.05. The topological polar surface area (TPSA) is 70.1 Å². The van der Waals surface area contributed by atoms with Crippen LogP contribution in [0.4, 0.5) is 0 Å². The van der Waals surface area contributed by atoms with Crippen molar-refractivity contribution >= 4 is 10.0 Å². The molecule has 2 aliphatic rings. The highest BCUT2D eigenvalue weighted by Crippen LogP contribution is 2.42. The molecule has 2 saturated heterocycles. The first-order chi connectivity index (χ1) is 16.3. The van der Waals surface area contributed by atoms with Gasteiger partial charge in [-0.05, 0) is 49.2 Å². The zero-order chi connectivity index (χ0) is 24.3. The second kappa shape index (κ2) is 10.5. The van der Waals surface area contributed by atoms with E-state index in [9.17, 15) is 13.5 Å². The number of rotatable bonds is 5. The van der Waals surface area contributed by atoms with E-state index in [0.29, 0.717) is 24.8 Å². The van der Waals surface area contributed by atoms with Crippen LogP contribution >= 0.6 is 0 Å². The predicted molar refractivity (Wildman–Crippen MR) is 133 cm³/mol. The van der Waals surface area contributed by atoms with Gasteiger partial charge in [-0.2, -0.15) is 4.31 Å². The third-order valence-electron chi connectivity index (χ3n) is 6.81. The standard InChI is InChI=1S/C27H34N2O4S/c1-20(2)9-10-21-11-13-22(14-12-21)27-25-18-28(15-4-5-16-29(25)26(27)19-30)34(31,32)24-8-6-7-23(17-24)33-3/h6-8,11-14,17,20,25-27,30H,4-5,15-16,18-19H2,1-3H3/t25-,26+,27+/m1/s1. The molecule has 2 fully saturated rings. The summed E-state index contributed by atoms with van der Waals surface area (Å²) in [6, 6.07) is 14.9. The number of fused-ring (bicyclic) bond motifs is 1. The Morgan fingerprint density at radius 1 is 1.12 bits per heavy atom. The molecule has 0 unspecified atom stereocenters. The highest BCUT2D eigenvalue weighted by atomic mass is 32.2. The maximum Gasteiger partial charge on any atom is 0.243 e. The molecular weight excluding hydrogens is 448 g/mol. The Morgan fingerprint density at radius 3 is 2.53 bits per heavy atom. The Hall–Kier alpha value is -2.37. The van der Waals surface area contributed by atoms with Crippen LogP contribution in [0.2, 0.25) is 0 Å². The third kappa shape index (κ3) is 5.01. The van der Waals surface area contributed by atoms with Crippen molar-refractivity contribution < 1.29 is 18.3 Å². The van der Waals surface area contributed by atoms with Crippen LogP contribution < -0.4 is 4.74 Å². The first-order valence-corrected chi connectivity index (χ1v) is 13.4. The van der Waals surface area contributed by atoms with Crippen molar-refractivity contribution in [1.82, 2.24) is 9.21 Å². The number of hydrogen-bond donors (Lipinski definition) is 1. The second-order valence-electron chi connectivity index (χ2n) is 9.38. The summed E-state index contributed by atoms with van der Waals surface area (Å²) >= 11 is 0. The second-order valence-corrected chi connectivity index (χ2v) is 11.3. The number of nitrogens with zero attached hydrogens (tertiary/aromatic N) is 2. The molecule has 3 atom stereocenters. The minimum atomic E-state index is -3.66. The van der Waals surface area contributed by atoms with Crippen molar-refractivity contribution in [3.63, 3.8) is 0 Å². The zero-order valence-electron chi connectivity index (χ0n) is 20.1. The van der Waals surface area contributed by atoms with E-state index in [0.717, 1.165) is 30.5 Å². The van der Waals surface area contributed by atoms with Gasteiger partial charge in [-0.15, -0.1) is 0 Å². The third-order valence-corrected chi connectivity index (χ3v) is 8.67. The molecule has 2 aromatic rings. The van der Waals surface area contributed by atoms with Crippen LogP contribution in [0.15, 0.2) is 53.4 Å². The molecule has 0 amide bonds. The van der Waals surface area contributed by atoms with Crippen LogP contribution in [-0.4, -0.2) is 68.2 Å². The predicted octanol–water partition coefficient (Wildman–Crippen LogP) is 3.32. The Labute approximate surface area is 203 Å². The molecule has 4 rings (SSSR count). The van der Waals surface area contributed by atoms with E-state index in [2.05, 4.69) is 42.7 Å². The molecule has 0 saturated carbocycles. The van der Waals surface area contributed by atoms with Crippen LogP contribution in [0.3, 0.4) is 0 Å². The van der Waals surface area contributed by atoms with Crippen molar-refractivity contribution in [2.24, 2.45) is 5.92 Å². The smallest absolute Gasteiger partial charge is 0.243 e. The van der Waals surface area contributed by atoms with Crippen molar-refractivity contribution in [3.05, 3.63) is 59.7 Å². The summed E-state index contributed by atoms with van der Waals surface area (Å²) in [5.74, 6) is 7.28. The molecule has 0 bridgehead atoms. The highest BCUT2D eigenvalue weighted by Gasteiger charge is 2.50. The molecule has 0 spiro atoms. The minimum Gasteiger partial charge on any atom is -0.497 e. The van der Waals surface area contributed by atoms with E-state index in [1.54, 1.807) is 28.6 Å². The van der Waals surface area contributed by atoms with Gasteiger partial charge in [0.25, 0.3) is 0 Å². The Balaban J connectivity index is 1.61. The zero-order valence-corrected chi connectivity index (χ0v) is 21.0. The summed E-state index contributed by atoms with van der Waals surface area (Å²) in [7, 11) is -2.13. The summed E-state index contributed by atoms with van der Waals surface area (Å²) in [5.41, 5.74) is 2.09. The van der Waals surface area contributed by atoms with Gasteiger partial charge in [-0.25, -0.2) is 8.42 Å². The van der Waals surface area contributed by atoms with Crippen molar-refractivity contribution in [2.45, 2.75) is 49.6 Å². The van der Waals surface area contributed by atoms with Crippen molar-refractivity contribution in [2.75, 3.05) is 33.4 Å². The molecule has 0 aliphatic carbocycles. The lowest BCUT2D eigenvalue weighted by atomic mass is 9.74. The molecule has 34 heavy (non-hydrogen) atoms. The van der Waals surface area contributed by atoms with Crippen LogP contribution in [0.1, 0.15) is 43.7 Å². The first kappa shape index (κ1) is 24.7. The Kier molecular flexibility index (Phi) is 7.63. The van der Waals surface area contributed by atoms with Gasteiger partial charge in [-0.1, -0.05) is 43.9 Å². The van der Waals surface area contributed by atoms with E-state index in [1.165, 1.54) is 7.11 Å². The van der Waals surface area contributed by atoms with Crippen LogP contribution in [-0.2, 0) is 10.0 Å².